The van der Waals surface area contributed by atoms with Crippen LogP contribution in [0.2, 0.25) is 0 Å². The standard InChI is InChI=1S/C18H18N2O5S/c1-10-7-12(11(2)19(10)3)8-15-16(21)20(18(23)26-15)9-13-5-6-14(25-13)17(22)24-4/h5-8H,9H2,1-4H3/b15-8+. The summed E-state index contributed by atoms with van der Waals surface area (Å²) in [5.74, 6) is -0.627. The summed E-state index contributed by atoms with van der Waals surface area (Å²) in [4.78, 5) is 37.7. The summed E-state index contributed by atoms with van der Waals surface area (Å²) in [6.45, 7) is 3.90. The molecule has 2 amide bonds. The third-order valence-electron chi connectivity index (χ3n) is 4.34. The third kappa shape index (κ3) is 3.20. The fourth-order valence-electron chi connectivity index (χ4n) is 2.64. The van der Waals surface area contributed by atoms with E-state index in [2.05, 4.69) is 4.74 Å². The molecular weight excluding hydrogens is 356 g/mol. The number of aryl methyl sites for hydroxylation is 1. The molecule has 1 fully saturated rings. The van der Waals surface area contributed by atoms with Crippen LogP contribution in [0.15, 0.2) is 27.5 Å². The van der Waals surface area contributed by atoms with Gasteiger partial charge in [0.05, 0.1) is 18.6 Å². The first-order valence-electron chi connectivity index (χ1n) is 7.87. The number of esters is 1. The Morgan fingerprint density at radius 3 is 2.65 bits per heavy atom. The van der Waals surface area contributed by atoms with Gasteiger partial charge in [0, 0.05) is 18.4 Å². The molecule has 0 N–H and O–H groups in total. The fourth-order valence-corrected chi connectivity index (χ4v) is 3.47. The Balaban J connectivity index is 1.80. The van der Waals surface area contributed by atoms with Gasteiger partial charge in [-0.05, 0) is 55.4 Å². The highest BCUT2D eigenvalue weighted by atomic mass is 32.2. The highest BCUT2D eigenvalue weighted by Gasteiger charge is 2.36. The van der Waals surface area contributed by atoms with Crippen molar-refractivity contribution < 1.29 is 23.5 Å². The number of carbonyl (C=O) groups is 3. The first-order chi connectivity index (χ1) is 12.3. The second kappa shape index (κ2) is 6.87. The molecule has 0 spiro atoms. The fraction of sp³-hybridized carbons (Fsp3) is 0.278. The second-order valence-electron chi connectivity index (χ2n) is 5.91. The van der Waals surface area contributed by atoms with E-state index in [1.807, 2.05) is 31.5 Å². The van der Waals surface area contributed by atoms with Crippen molar-refractivity contribution >= 4 is 35.0 Å². The third-order valence-corrected chi connectivity index (χ3v) is 5.24. The van der Waals surface area contributed by atoms with E-state index >= 15 is 0 Å². The maximum atomic E-state index is 12.6. The summed E-state index contributed by atoms with van der Waals surface area (Å²) >= 11 is 0.893. The lowest BCUT2D eigenvalue weighted by atomic mass is 10.2. The molecule has 1 saturated heterocycles. The summed E-state index contributed by atoms with van der Waals surface area (Å²) in [5.41, 5.74) is 2.99. The molecule has 1 aliphatic rings. The molecular formula is C18H18N2O5S. The number of carbonyl (C=O) groups excluding carboxylic acids is 3. The van der Waals surface area contributed by atoms with E-state index in [9.17, 15) is 14.4 Å². The van der Waals surface area contributed by atoms with Crippen LogP contribution in [0.1, 0.15) is 33.3 Å². The van der Waals surface area contributed by atoms with Gasteiger partial charge in [-0.3, -0.25) is 14.5 Å². The molecule has 0 unspecified atom stereocenters. The number of imide groups is 1. The molecule has 3 rings (SSSR count). The van der Waals surface area contributed by atoms with Crippen LogP contribution >= 0.6 is 11.8 Å². The minimum absolute atomic E-state index is 0.0281. The molecule has 0 saturated carbocycles. The molecule has 1 aliphatic heterocycles. The normalized spacial score (nSPS) is 16.0. The zero-order valence-electron chi connectivity index (χ0n) is 14.9. The summed E-state index contributed by atoms with van der Waals surface area (Å²) < 4.78 is 11.9. The molecule has 7 nitrogen and oxygen atoms in total. The number of thioether (sulfide) groups is 1. The van der Waals surface area contributed by atoms with Gasteiger partial charge in [0.15, 0.2) is 0 Å². The summed E-state index contributed by atoms with van der Waals surface area (Å²) in [6.07, 6.45) is 1.73. The Bertz CT molecular complexity index is 938. The topological polar surface area (TPSA) is 81.8 Å². The van der Waals surface area contributed by atoms with E-state index in [1.54, 1.807) is 12.1 Å². The number of hydrogen-bond donors (Lipinski definition) is 0. The van der Waals surface area contributed by atoms with Crippen LogP contribution in [0.5, 0.6) is 0 Å². The van der Waals surface area contributed by atoms with Crippen LogP contribution in [0, 0.1) is 13.8 Å². The van der Waals surface area contributed by atoms with Crippen LogP contribution in [-0.2, 0) is 23.1 Å². The minimum Gasteiger partial charge on any atom is -0.463 e. The predicted molar refractivity (Wildman–Crippen MR) is 96.4 cm³/mol. The zero-order valence-corrected chi connectivity index (χ0v) is 15.7. The molecule has 0 aliphatic carbocycles. The Hall–Kier alpha value is -2.74. The van der Waals surface area contributed by atoms with Gasteiger partial charge in [-0.2, -0.15) is 0 Å². The first kappa shape index (κ1) is 18.1. The van der Waals surface area contributed by atoms with Crippen molar-refractivity contribution in [3.63, 3.8) is 0 Å². The zero-order chi connectivity index (χ0) is 19.0. The lowest BCUT2D eigenvalue weighted by Gasteiger charge is -2.09. The number of ether oxygens (including phenoxy) is 1. The van der Waals surface area contributed by atoms with Gasteiger partial charge in [-0.15, -0.1) is 0 Å². The molecule has 26 heavy (non-hydrogen) atoms. The van der Waals surface area contributed by atoms with Crippen LogP contribution in [-0.4, -0.2) is 33.7 Å². The second-order valence-corrected chi connectivity index (χ2v) is 6.90. The first-order valence-corrected chi connectivity index (χ1v) is 8.68. The average Bonchev–Trinajstić information content (AvgIpc) is 3.25. The number of amides is 2. The van der Waals surface area contributed by atoms with E-state index in [1.165, 1.54) is 13.2 Å². The van der Waals surface area contributed by atoms with Gasteiger partial charge in [0.2, 0.25) is 5.76 Å². The lowest BCUT2D eigenvalue weighted by Crippen LogP contribution is -2.27. The van der Waals surface area contributed by atoms with Crippen LogP contribution < -0.4 is 0 Å². The molecule has 136 valence electrons. The molecule has 0 radical (unpaired) electrons. The number of nitrogens with zero attached hydrogens (tertiary/aromatic N) is 2. The van der Waals surface area contributed by atoms with E-state index in [4.69, 9.17) is 4.42 Å². The molecule has 8 heteroatoms. The highest BCUT2D eigenvalue weighted by Crippen LogP contribution is 2.34. The number of furan rings is 1. The van der Waals surface area contributed by atoms with Crippen molar-refractivity contribution in [2.75, 3.05) is 7.11 Å². The van der Waals surface area contributed by atoms with Gasteiger partial charge < -0.3 is 13.7 Å². The number of rotatable bonds is 4. The largest absolute Gasteiger partial charge is 0.463 e. The van der Waals surface area contributed by atoms with Crippen LogP contribution in [0.25, 0.3) is 6.08 Å². The number of methoxy groups -OCH3 is 1. The lowest BCUT2D eigenvalue weighted by molar-refractivity contribution is -0.123. The molecule has 0 bridgehead atoms. The summed E-state index contributed by atoms with van der Waals surface area (Å²) in [7, 11) is 3.20. The van der Waals surface area contributed by atoms with Crippen molar-refractivity contribution in [2.24, 2.45) is 7.05 Å². The van der Waals surface area contributed by atoms with Crippen molar-refractivity contribution in [3.05, 3.63) is 51.6 Å². The Labute approximate surface area is 154 Å². The van der Waals surface area contributed by atoms with E-state index in [0.29, 0.717) is 10.7 Å². The number of aromatic nitrogens is 1. The molecule has 2 aromatic rings. The monoisotopic (exact) mass is 374 g/mol. The van der Waals surface area contributed by atoms with E-state index in [0.717, 1.165) is 33.6 Å². The molecule has 2 aromatic heterocycles. The van der Waals surface area contributed by atoms with Gasteiger partial charge in [0.1, 0.15) is 5.76 Å². The van der Waals surface area contributed by atoms with Crippen molar-refractivity contribution in [2.45, 2.75) is 20.4 Å². The smallest absolute Gasteiger partial charge is 0.373 e. The Morgan fingerprint density at radius 2 is 2.04 bits per heavy atom. The maximum Gasteiger partial charge on any atom is 0.373 e. The van der Waals surface area contributed by atoms with E-state index in [-0.39, 0.29) is 23.5 Å². The summed E-state index contributed by atoms with van der Waals surface area (Å²) in [5, 5.41) is -0.373. The van der Waals surface area contributed by atoms with Crippen molar-refractivity contribution in [3.8, 4) is 0 Å². The maximum absolute atomic E-state index is 12.6. The molecule has 0 atom stereocenters. The van der Waals surface area contributed by atoms with Gasteiger partial charge in [0.25, 0.3) is 11.1 Å². The van der Waals surface area contributed by atoms with Crippen molar-refractivity contribution in [1.82, 2.24) is 9.47 Å². The number of hydrogen-bond acceptors (Lipinski definition) is 6. The van der Waals surface area contributed by atoms with Gasteiger partial charge in [-0.1, -0.05) is 0 Å². The minimum atomic E-state index is -0.611. The SMILES string of the molecule is COC(=O)c1ccc(CN2C(=O)S/C(=C/c3cc(C)n(C)c3C)C2=O)o1. The van der Waals surface area contributed by atoms with Gasteiger partial charge in [-0.25, -0.2) is 4.79 Å². The van der Waals surface area contributed by atoms with Crippen molar-refractivity contribution in [1.29, 1.82) is 0 Å². The van der Waals surface area contributed by atoms with Gasteiger partial charge >= 0.3 is 5.97 Å². The molecule has 3 heterocycles. The van der Waals surface area contributed by atoms with Crippen LogP contribution in [0.4, 0.5) is 4.79 Å². The summed E-state index contributed by atoms with van der Waals surface area (Å²) in [6, 6.07) is 4.97. The van der Waals surface area contributed by atoms with E-state index < -0.39 is 5.97 Å². The Morgan fingerprint density at radius 1 is 1.31 bits per heavy atom. The Kier molecular flexibility index (Phi) is 4.78. The molecule has 0 aromatic carbocycles. The van der Waals surface area contributed by atoms with Crippen LogP contribution in [0.3, 0.4) is 0 Å². The quantitative estimate of drug-likeness (QED) is 0.603. The average molecular weight is 374 g/mol. The predicted octanol–water partition coefficient (Wildman–Crippen LogP) is 3.26. The highest BCUT2D eigenvalue weighted by molar-refractivity contribution is 8.18.